The van der Waals surface area contributed by atoms with E-state index in [1.54, 1.807) is 12.1 Å². The Hall–Kier alpha value is -2.99. The normalized spacial score (nSPS) is 26.9. The van der Waals surface area contributed by atoms with Crippen LogP contribution in [-0.2, 0) is 12.8 Å². The zero-order chi connectivity index (χ0) is 29.0. The summed E-state index contributed by atoms with van der Waals surface area (Å²) in [4.78, 5) is 16.1. The lowest BCUT2D eigenvalue weighted by atomic mass is 9.64. The van der Waals surface area contributed by atoms with E-state index in [-0.39, 0.29) is 11.7 Å². The first-order valence-electron chi connectivity index (χ1n) is 15.2. The van der Waals surface area contributed by atoms with Crippen LogP contribution < -0.4 is 0 Å². The van der Waals surface area contributed by atoms with Crippen molar-refractivity contribution in [1.82, 2.24) is 4.90 Å². The Bertz CT molecular complexity index is 1350. The van der Waals surface area contributed by atoms with Crippen molar-refractivity contribution in [3.05, 3.63) is 107 Å². The zero-order valence-electron chi connectivity index (χ0n) is 24.8. The number of hydrogen-bond donors (Lipinski definition) is 2. The molecule has 2 aromatic carbocycles. The Morgan fingerprint density at radius 3 is 2.63 bits per heavy atom. The number of furan rings is 1. The van der Waals surface area contributed by atoms with Crippen LogP contribution in [0.3, 0.4) is 0 Å². The summed E-state index contributed by atoms with van der Waals surface area (Å²) in [5, 5.41) is 23.3. The van der Waals surface area contributed by atoms with Crippen molar-refractivity contribution in [2.24, 2.45) is 5.41 Å². The number of likely N-dealkylation sites (N-methyl/N-ethyl adjacent to an activating group) is 1. The van der Waals surface area contributed by atoms with Crippen molar-refractivity contribution >= 4 is 5.78 Å². The molecule has 41 heavy (non-hydrogen) atoms. The number of aliphatic hydroxyl groups is 2. The minimum atomic E-state index is -0.901. The zero-order valence-corrected chi connectivity index (χ0v) is 24.8. The monoisotopic (exact) mass is 555 g/mol. The second-order valence-electron chi connectivity index (χ2n) is 12.7. The van der Waals surface area contributed by atoms with Crippen molar-refractivity contribution in [3.8, 4) is 0 Å². The topological polar surface area (TPSA) is 73.9 Å². The fraction of sp³-hybridized carbons (Fsp3) is 0.472. The molecule has 4 atom stereocenters. The fourth-order valence-electron chi connectivity index (χ4n) is 7.23. The van der Waals surface area contributed by atoms with Gasteiger partial charge in [-0.1, -0.05) is 61.0 Å². The van der Waals surface area contributed by atoms with Crippen LogP contribution in [0.25, 0.3) is 0 Å². The summed E-state index contributed by atoms with van der Waals surface area (Å²) in [7, 11) is 2.11. The van der Waals surface area contributed by atoms with Crippen LogP contribution >= 0.6 is 0 Å². The maximum absolute atomic E-state index is 13.8. The highest BCUT2D eigenvalue weighted by Gasteiger charge is 2.57. The molecular weight excluding hydrogens is 510 g/mol. The predicted octanol–water partition coefficient (Wildman–Crippen LogP) is 6.72. The highest BCUT2D eigenvalue weighted by atomic mass is 16.3. The fourth-order valence-corrected chi connectivity index (χ4v) is 7.23. The number of hydrogen-bond acceptors (Lipinski definition) is 5. The molecule has 0 saturated heterocycles. The van der Waals surface area contributed by atoms with E-state index in [9.17, 15) is 15.0 Å². The molecule has 5 heteroatoms. The number of ketones is 1. The van der Waals surface area contributed by atoms with Gasteiger partial charge >= 0.3 is 0 Å². The van der Waals surface area contributed by atoms with E-state index in [0.29, 0.717) is 37.1 Å². The summed E-state index contributed by atoms with van der Waals surface area (Å²) in [6, 6.07) is 20.1. The first kappa shape index (κ1) is 29.5. The molecule has 3 aromatic rings. The Morgan fingerprint density at radius 2 is 1.88 bits per heavy atom. The number of nitrogens with zero attached hydrogens (tertiary/aromatic N) is 1. The smallest absolute Gasteiger partial charge is 0.228 e. The Kier molecular flexibility index (Phi) is 8.98. The lowest BCUT2D eigenvalue weighted by Gasteiger charge is -2.45. The third-order valence-corrected chi connectivity index (χ3v) is 9.82. The second kappa shape index (κ2) is 12.5. The minimum absolute atomic E-state index is 0.0135. The van der Waals surface area contributed by atoms with E-state index >= 15 is 0 Å². The molecule has 4 unspecified atom stereocenters. The van der Waals surface area contributed by atoms with Gasteiger partial charge in [0.15, 0.2) is 5.76 Å². The first-order chi connectivity index (χ1) is 19.7. The molecule has 1 saturated carbocycles. The summed E-state index contributed by atoms with van der Waals surface area (Å²) in [5.41, 5.74) is 3.80. The van der Waals surface area contributed by atoms with Gasteiger partial charge in [-0.2, -0.15) is 0 Å². The molecule has 3 aliphatic rings. The quantitative estimate of drug-likeness (QED) is 0.250. The van der Waals surface area contributed by atoms with E-state index in [1.807, 2.05) is 12.1 Å². The molecular formula is C36H45NO4. The molecule has 5 nitrogen and oxygen atoms in total. The number of rotatable bonds is 7. The molecule has 0 amide bonds. The average Bonchev–Trinajstić information content (AvgIpc) is 3.58. The van der Waals surface area contributed by atoms with E-state index in [1.165, 1.54) is 17.4 Å². The Balaban J connectivity index is 1.50. The van der Waals surface area contributed by atoms with Gasteiger partial charge < -0.3 is 19.5 Å². The second-order valence-corrected chi connectivity index (χ2v) is 12.7. The molecule has 0 spiro atoms. The molecule has 218 valence electrons. The maximum atomic E-state index is 13.8. The van der Waals surface area contributed by atoms with Crippen LogP contribution in [0, 0.1) is 5.41 Å². The van der Waals surface area contributed by atoms with E-state index in [2.05, 4.69) is 68.3 Å². The van der Waals surface area contributed by atoms with Crippen molar-refractivity contribution in [2.45, 2.75) is 82.8 Å². The highest BCUT2D eigenvalue weighted by Crippen LogP contribution is 2.58. The van der Waals surface area contributed by atoms with Gasteiger partial charge in [0.1, 0.15) is 0 Å². The molecule has 1 fully saturated rings. The van der Waals surface area contributed by atoms with Gasteiger partial charge in [0.25, 0.3) is 0 Å². The largest absolute Gasteiger partial charge is 0.461 e. The lowest BCUT2D eigenvalue weighted by Crippen LogP contribution is -2.52. The van der Waals surface area contributed by atoms with E-state index < -0.39 is 17.1 Å². The SMILES string of the molecule is CC1=CCCC2(C)C(CCC2(O)CN(C)CCc2ccccc2)c2ccc(cc2C(=O)c2ccco2)CC(O)CC1. The summed E-state index contributed by atoms with van der Waals surface area (Å²) in [6.07, 6.45) is 9.47. The Morgan fingerprint density at radius 1 is 1.07 bits per heavy atom. The number of carbonyl (C=O) groups is 1. The van der Waals surface area contributed by atoms with Crippen LogP contribution in [0.15, 0.2) is 83.0 Å². The van der Waals surface area contributed by atoms with Crippen molar-refractivity contribution in [3.63, 3.8) is 0 Å². The molecule has 6 rings (SSSR count). The van der Waals surface area contributed by atoms with Crippen LogP contribution in [0.2, 0.25) is 0 Å². The van der Waals surface area contributed by atoms with Gasteiger partial charge in [0, 0.05) is 24.1 Å². The molecule has 0 radical (unpaired) electrons. The molecule has 0 aliphatic heterocycles. The van der Waals surface area contributed by atoms with E-state index in [4.69, 9.17) is 4.42 Å². The highest BCUT2D eigenvalue weighted by molar-refractivity contribution is 6.08. The lowest BCUT2D eigenvalue weighted by molar-refractivity contribution is -0.0798. The third kappa shape index (κ3) is 6.43. The van der Waals surface area contributed by atoms with Crippen LogP contribution in [-0.4, -0.2) is 52.7 Å². The number of carbonyl (C=O) groups excluding carboxylic acids is 1. The summed E-state index contributed by atoms with van der Waals surface area (Å²) >= 11 is 0. The van der Waals surface area contributed by atoms with E-state index in [0.717, 1.165) is 49.8 Å². The van der Waals surface area contributed by atoms with Crippen LogP contribution in [0.1, 0.15) is 91.1 Å². The summed E-state index contributed by atoms with van der Waals surface area (Å²) in [6.45, 7) is 5.83. The number of allylic oxidation sites excluding steroid dienone is 2. The van der Waals surface area contributed by atoms with Crippen LogP contribution in [0.4, 0.5) is 0 Å². The predicted molar refractivity (Wildman–Crippen MR) is 163 cm³/mol. The van der Waals surface area contributed by atoms with Gasteiger partial charge in [-0.05, 0) is 106 Å². The van der Waals surface area contributed by atoms with Gasteiger partial charge in [0.05, 0.1) is 18.0 Å². The first-order valence-corrected chi connectivity index (χ1v) is 15.2. The van der Waals surface area contributed by atoms with Crippen molar-refractivity contribution in [1.29, 1.82) is 0 Å². The van der Waals surface area contributed by atoms with Crippen molar-refractivity contribution < 1.29 is 19.4 Å². The third-order valence-electron chi connectivity index (χ3n) is 9.82. The number of benzene rings is 2. The van der Waals surface area contributed by atoms with Gasteiger partial charge in [-0.25, -0.2) is 0 Å². The molecule has 2 N–H and O–H groups in total. The maximum Gasteiger partial charge on any atom is 0.228 e. The van der Waals surface area contributed by atoms with Crippen molar-refractivity contribution in [2.75, 3.05) is 20.1 Å². The number of fused-ring (bicyclic) bond motifs is 8. The molecule has 1 heterocycles. The van der Waals surface area contributed by atoms with Crippen LogP contribution in [0.5, 0.6) is 0 Å². The molecule has 1 aromatic heterocycles. The summed E-state index contributed by atoms with van der Waals surface area (Å²) < 4.78 is 5.54. The van der Waals surface area contributed by atoms with Gasteiger partial charge in [-0.3, -0.25) is 4.79 Å². The molecule has 2 bridgehead atoms. The minimum Gasteiger partial charge on any atom is -0.461 e. The Labute approximate surface area is 244 Å². The van der Waals surface area contributed by atoms with Gasteiger partial charge in [0.2, 0.25) is 5.78 Å². The number of aliphatic hydroxyl groups excluding tert-OH is 1. The standard InChI is InChI=1S/C36H45NO4/c1-26-9-7-19-35(2)32(17-20-36(35,40)25-37(3)21-18-27-10-5-4-6-11-27)30-16-14-28(23-29(38)15-13-26)24-31(30)34(39)33-12-8-22-41-33/h4-6,8-12,14,16,22,24,29,32,38,40H,7,13,15,17-21,23,25H2,1-3H3. The summed E-state index contributed by atoms with van der Waals surface area (Å²) in [5.74, 6) is 0.195. The molecule has 3 aliphatic carbocycles. The average molecular weight is 556 g/mol. The van der Waals surface area contributed by atoms with Gasteiger partial charge in [-0.15, -0.1) is 0 Å².